The highest BCUT2D eigenvalue weighted by molar-refractivity contribution is 7.03. The Kier molecular flexibility index (Phi) is 2.94. The first kappa shape index (κ1) is 10.1. The minimum absolute atomic E-state index is 0.574. The molecule has 2 aromatic rings. The third kappa shape index (κ3) is 2.14. The van der Waals surface area contributed by atoms with Crippen LogP contribution >= 0.6 is 11.5 Å². The fourth-order valence-electron chi connectivity index (χ4n) is 1.25. The van der Waals surface area contributed by atoms with Crippen molar-refractivity contribution in [3.05, 3.63) is 40.9 Å². The molecule has 2 rings (SSSR count). The van der Waals surface area contributed by atoms with Crippen LogP contribution in [-0.4, -0.2) is 21.8 Å². The van der Waals surface area contributed by atoms with Gasteiger partial charge in [0.1, 0.15) is 17.5 Å². The number of aliphatic hydroxyl groups is 1. The van der Waals surface area contributed by atoms with Gasteiger partial charge in [0.05, 0.1) is 7.11 Å². The second kappa shape index (κ2) is 4.37. The molecule has 1 unspecified atom stereocenters. The van der Waals surface area contributed by atoms with Gasteiger partial charge in [-0.2, -0.15) is 0 Å². The molecule has 0 amide bonds. The second-order valence-electron chi connectivity index (χ2n) is 3.01. The monoisotopic (exact) mass is 222 g/mol. The van der Waals surface area contributed by atoms with Crippen molar-refractivity contribution in [3.63, 3.8) is 0 Å². The van der Waals surface area contributed by atoms with Crippen molar-refractivity contribution < 1.29 is 9.84 Å². The lowest BCUT2D eigenvalue weighted by molar-refractivity contribution is 0.215. The van der Waals surface area contributed by atoms with E-state index in [1.165, 1.54) is 11.5 Å². The van der Waals surface area contributed by atoms with Crippen LogP contribution in [0, 0.1) is 0 Å². The molecule has 0 aliphatic heterocycles. The molecule has 1 heterocycles. The van der Waals surface area contributed by atoms with E-state index in [0.717, 1.165) is 11.3 Å². The van der Waals surface area contributed by atoms with E-state index in [4.69, 9.17) is 4.74 Å². The van der Waals surface area contributed by atoms with Crippen LogP contribution in [0.5, 0.6) is 5.75 Å². The van der Waals surface area contributed by atoms with Gasteiger partial charge < -0.3 is 9.84 Å². The smallest absolute Gasteiger partial charge is 0.124 e. The van der Waals surface area contributed by atoms with Gasteiger partial charge >= 0.3 is 0 Å². The first-order chi connectivity index (χ1) is 7.31. The van der Waals surface area contributed by atoms with E-state index >= 15 is 0 Å². The molecule has 1 aromatic carbocycles. The number of ether oxygens (including phenoxy) is 1. The van der Waals surface area contributed by atoms with Crippen LogP contribution in [0.1, 0.15) is 17.4 Å². The van der Waals surface area contributed by atoms with Crippen molar-refractivity contribution in [2.45, 2.75) is 6.10 Å². The first-order valence-electron chi connectivity index (χ1n) is 4.40. The van der Waals surface area contributed by atoms with E-state index in [-0.39, 0.29) is 0 Å². The zero-order chi connectivity index (χ0) is 10.7. The molecule has 4 nitrogen and oxygen atoms in total. The van der Waals surface area contributed by atoms with Gasteiger partial charge in [0.2, 0.25) is 0 Å². The van der Waals surface area contributed by atoms with Crippen molar-refractivity contribution in [3.8, 4) is 5.75 Å². The molecule has 0 bridgehead atoms. The third-order valence-corrected chi connectivity index (χ3v) is 2.61. The van der Waals surface area contributed by atoms with Gasteiger partial charge in [-0.25, -0.2) is 0 Å². The van der Waals surface area contributed by atoms with E-state index in [2.05, 4.69) is 9.59 Å². The standard InChI is InChI=1S/C10H10N2O2S/c1-14-8-4-2-7(3-5-8)10(13)9-6-15-12-11-9/h2-6,10,13H,1H3. The molecule has 0 fully saturated rings. The van der Waals surface area contributed by atoms with Gasteiger partial charge in [-0.15, -0.1) is 5.10 Å². The Bertz CT molecular complexity index is 413. The molecule has 0 spiro atoms. The maximum Gasteiger partial charge on any atom is 0.124 e. The maximum atomic E-state index is 9.91. The molecule has 5 heteroatoms. The Labute approximate surface area is 91.3 Å². The predicted molar refractivity (Wildman–Crippen MR) is 57.0 cm³/mol. The van der Waals surface area contributed by atoms with Crippen molar-refractivity contribution in [1.82, 2.24) is 9.59 Å². The largest absolute Gasteiger partial charge is 0.497 e. The summed E-state index contributed by atoms with van der Waals surface area (Å²) in [4.78, 5) is 0. The van der Waals surface area contributed by atoms with Gasteiger partial charge in [-0.1, -0.05) is 16.6 Å². The molecule has 1 aromatic heterocycles. The van der Waals surface area contributed by atoms with Crippen molar-refractivity contribution in [2.24, 2.45) is 0 Å². The van der Waals surface area contributed by atoms with Crippen LogP contribution in [0.4, 0.5) is 0 Å². The number of methoxy groups -OCH3 is 1. The maximum absolute atomic E-state index is 9.91. The molecular formula is C10H10N2O2S. The number of hydrogen-bond donors (Lipinski definition) is 1. The second-order valence-corrected chi connectivity index (χ2v) is 3.62. The van der Waals surface area contributed by atoms with Crippen LogP contribution in [0.25, 0.3) is 0 Å². The Morgan fingerprint density at radius 1 is 1.33 bits per heavy atom. The Balaban J connectivity index is 2.22. The van der Waals surface area contributed by atoms with Gasteiger partial charge in [0.15, 0.2) is 0 Å². The molecule has 0 aliphatic carbocycles. The highest BCUT2D eigenvalue weighted by atomic mass is 32.1. The fraction of sp³-hybridized carbons (Fsp3) is 0.200. The molecule has 15 heavy (non-hydrogen) atoms. The SMILES string of the molecule is COc1ccc(C(O)c2csnn2)cc1. The lowest BCUT2D eigenvalue weighted by Gasteiger charge is -2.07. The van der Waals surface area contributed by atoms with Crippen molar-refractivity contribution in [1.29, 1.82) is 0 Å². The summed E-state index contributed by atoms with van der Waals surface area (Å²) in [6.45, 7) is 0. The Hall–Kier alpha value is -1.46. The first-order valence-corrected chi connectivity index (χ1v) is 5.24. The zero-order valence-electron chi connectivity index (χ0n) is 8.12. The number of benzene rings is 1. The van der Waals surface area contributed by atoms with Crippen molar-refractivity contribution >= 4 is 11.5 Å². The average Bonchev–Trinajstić information content (AvgIpc) is 2.82. The van der Waals surface area contributed by atoms with Crippen molar-refractivity contribution in [2.75, 3.05) is 7.11 Å². The number of rotatable bonds is 3. The summed E-state index contributed by atoms with van der Waals surface area (Å²) in [5.74, 6) is 0.766. The molecule has 1 N–H and O–H groups in total. The minimum Gasteiger partial charge on any atom is -0.497 e. The van der Waals surface area contributed by atoms with Gasteiger partial charge in [0.25, 0.3) is 0 Å². The summed E-state index contributed by atoms with van der Waals surface area (Å²) in [5.41, 5.74) is 1.36. The van der Waals surface area contributed by atoms with E-state index in [1.54, 1.807) is 24.6 Å². The molecule has 0 saturated carbocycles. The molecule has 1 atom stereocenters. The van der Waals surface area contributed by atoms with Crippen LogP contribution in [0.3, 0.4) is 0 Å². The molecule has 0 saturated heterocycles. The zero-order valence-corrected chi connectivity index (χ0v) is 8.94. The van der Waals surface area contributed by atoms with E-state index in [1.807, 2.05) is 12.1 Å². The number of aliphatic hydroxyl groups excluding tert-OH is 1. The van der Waals surface area contributed by atoms with E-state index in [0.29, 0.717) is 5.69 Å². The highest BCUT2D eigenvalue weighted by Crippen LogP contribution is 2.22. The minimum atomic E-state index is -0.713. The highest BCUT2D eigenvalue weighted by Gasteiger charge is 2.12. The quantitative estimate of drug-likeness (QED) is 0.857. The van der Waals surface area contributed by atoms with Crippen LogP contribution in [0.2, 0.25) is 0 Å². The van der Waals surface area contributed by atoms with Crippen LogP contribution in [-0.2, 0) is 0 Å². The van der Waals surface area contributed by atoms with Gasteiger partial charge in [0, 0.05) is 5.38 Å². The number of nitrogens with zero attached hydrogens (tertiary/aromatic N) is 2. The molecule has 0 radical (unpaired) electrons. The van der Waals surface area contributed by atoms with E-state index in [9.17, 15) is 5.11 Å². The lowest BCUT2D eigenvalue weighted by atomic mass is 10.1. The normalized spacial score (nSPS) is 12.4. The summed E-state index contributed by atoms with van der Waals surface area (Å²) < 4.78 is 8.74. The summed E-state index contributed by atoms with van der Waals surface area (Å²) >= 11 is 1.22. The topological polar surface area (TPSA) is 55.2 Å². The molecule has 0 aliphatic rings. The Morgan fingerprint density at radius 2 is 2.07 bits per heavy atom. The number of aromatic nitrogens is 2. The summed E-state index contributed by atoms with van der Waals surface area (Å²) in [6, 6.07) is 7.22. The predicted octanol–water partition coefficient (Wildman–Crippen LogP) is 1.63. The molecule has 78 valence electrons. The van der Waals surface area contributed by atoms with Gasteiger partial charge in [-0.3, -0.25) is 0 Å². The van der Waals surface area contributed by atoms with Gasteiger partial charge in [-0.05, 0) is 29.2 Å². The molecular weight excluding hydrogens is 212 g/mol. The fourth-order valence-corrected chi connectivity index (χ4v) is 1.72. The van der Waals surface area contributed by atoms with E-state index < -0.39 is 6.10 Å². The van der Waals surface area contributed by atoms with Crippen LogP contribution < -0.4 is 4.74 Å². The Morgan fingerprint density at radius 3 is 2.60 bits per heavy atom. The third-order valence-electron chi connectivity index (χ3n) is 2.09. The summed E-state index contributed by atoms with van der Waals surface area (Å²) in [6.07, 6.45) is -0.713. The van der Waals surface area contributed by atoms with Crippen LogP contribution in [0.15, 0.2) is 29.6 Å². The summed E-state index contributed by atoms with van der Waals surface area (Å²) in [7, 11) is 1.61. The summed E-state index contributed by atoms with van der Waals surface area (Å²) in [5, 5.41) is 15.5. The average molecular weight is 222 g/mol. The number of hydrogen-bond acceptors (Lipinski definition) is 5. The lowest BCUT2D eigenvalue weighted by Crippen LogP contribution is -1.99.